The minimum absolute atomic E-state index is 0.465. The van der Waals surface area contributed by atoms with E-state index in [4.69, 9.17) is 9.47 Å². The van der Waals surface area contributed by atoms with Gasteiger partial charge >= 0.3 is 0 Å². The molecule has 0 heterocycles. The Balaban J connectivity index is 2.90. The van der Waals surface area contributed by atoms with Crippen LogP contribution in [-0.2, 0) is 9.47 Å². The predicted octanol–water partition coefficient (Wildman–Crippen LogP) is 5.29. The van der Waals surface area contributed by atoms with E-state index in [2.05, 4.69) is 29.8 Å². The van der Waals surface area contributed by atoms with Crippen molar-refractivity contribution >= 4 is 15.9 Å². The Bertz CT molecular complexity index is 151. The summed E-state index contributed by atoms with van der Waals surface area (Å²) in [6.45, 7) is 6.55. The van der Waals surface area contributed by atoms with Crippen molar-refractivity contribution < 1.29 is 9.47 Å². The van der Waals surface area contributed by atoms with E-state index in [1.54, 1.807) is 0 Å². The fourth-order valence-corrected chi connectivity index (χ4v) is 2.13. The zero-order valence-corrected chi connectivity index (χ0v) is 13.8. The third kappa shape index (κ3) is 16.4. The zero-order chi connectivity index (χ0) is 13.5. The molecule has 0 aromatic heterocycles. The van der Waals surface area contributed by atoms with Gasteiger partial charge in [-0.2, -0.15) is 0 Å². The minimum Gasteiger partial charge on any atom is -0.355 e. The fraction of sp³-hybridized carbons (Fsp3) is 1.00. The number of unbranched alkanes of at least 4 members (excludes halogenated alkanes) is 6. The van der Waals surface area contributed by atoms with Crippen molar-refractivity contribution in [3.63, 3.8) is 0 Å². The van der Waals surface area contributed by atoms with E-state index in [-0.39, 0.29) is 0 Å². The van der Waals surface area contributed by atoms with Crippen LogP contribution in [0.25, 0.3) is 0 Å². The van der Waals surface area contributed by atoms with Crippen molar-refractivity contribution in [1.29, 1.82) is 0 Å². The van der Waals surface area contributed by atoms with Crippen LogP contribution >= 0.6 is 15.9 Å². The summed E-state index contributed by atoms with van der Waals surface area (Å²) in [5, 5.41) is 0. The van der Waals surface area contributed by atoms with Crippen LogP contribution in [0.1, 0.15) is 71.6 Å². The van der Waals surface area contributed by atoms with E-state index in [9.17, 15) is 0 Å². The molecule has 0 saturated carbocycles. The number of ether oxygens (including phenoxy) is 2. The van der Waals surface area contributed by atoms with Gasteiger partial charge < -0.3 is 9.47 Å². The summed E-state index contributed by atoms with van der Waals surface area (Å²) in [5.41, 5.74) is 0. The van der Waals surface area contributed by atoms with Gasteiger partial charge in [-0.05, 0) is 19.3 Å². The van der Waals surface area contributed by atoms with Crippen molar-refractivity contribution in [2.45, 2.75) is 76.5 Å². The van der Waals surface area contributed by atoms with E-state index in [1.807, 2.05) is 0 Å². The van der Waals surface area contributed by atoms with E-state index in [0.717, 1.165) is 26.1 Å². The van der Waals surface area contributed by atoms with Crippen LogP contribution in [0, 0.1) is 0 Å². The standard InChI is InChI=1S/C15H31BrO2/c1-3-4-5-6-7-8-9-12-17-14-18-13-10-11-15(2)16/h15H,3-14H2,1-2H3. The molecule has 0 amide bonds. The zero-order valence-electron chi connectivity index (χ0n) is 12.3. The Morgan fingerprint density at radius 3 is 2.00 bits per heavy atom. The van der Waals surface area contributed by atoms with Crippen molar-refractivity contribution in [3.8, 4) is 0 Å². The summed E-state index contributed by atoms with van der Waals surface area (Å²) in [7, 11) is 0. The lowest BCUT2D eigenvalue weighted by Gasteiger charge is -2.06. The summed E-state index contributed by atoms with van der Waals surface area (Å²) in [6, 6.07) is 0. The van der Waals surface area contributed by atoms with E-state index >= 15 is 0 Å². The van der Waals surface area contributed by atoms with Crippen LogP contribution in [0.5, 0.6) is 0 Å². The van der Waals surface area contributed by atoms with E-state index < -0.39 is 0 Å². The number of halogens is 1. The maximum atomic E-state index is 5.43. The van der Waals surface area contributed by atoms with Gasteiger partial charge in [0.2, 0.25) is 0 Å². The Hall–Kier alpha value is 0.400. The first-order valence-electron chi connectivity index (χ1n) is 7.57. The molecule has 0 aliphatic heterocycles. The number of hydrogen-bond acceptors (Lipinski definition) is 2. The molecule has 0 spiro atoms. The second-order valence-electron chi connectivity index (χ2n) is 4.98. The van der Waals surface area contributed by atoms with E-state index in [1.165, 1.54) is 44.9 Å². The van der Waals surface area contributed by atoms with Crippen molar-refractivity contribution in [3.05, 3.63) is 0 Å². The summed E-state index contributed by atoms with van der Waals surface area (Å²) in [5.74, 6) is 0. The molecule has 0 N–H and O–H groups in total. The third-order valence-corrected chi connectivity index (χ3v) is 3.41. The fourth-order valence-electron chi connectivity index (χ4n) is 1.80. The molecule has 0 bridgehead atoms. The summed E-state index contributed by atoms with van der Waals surface area (Å²) in [4.78, 5) is 0.592. The van der Waals surface area contributed by atoms with Gasteiger partial charge in [0, 0.05) is 18.0 Å². The van der Waals surface area contributed by atoms with E-state index in [0.29, 0.717) is 11.6 Å². The van der Waals surface area contributed by atoms with Crippen molar-refractivity contribution in [2.24, 2.45) is 0 Å². The highest BCUT2D eigenvalue weighted by atomic mass is 79.9. The van der Waals surface area contributed by atoms with Crippen LogP contribution in [0.2, 0.25) is 0 Å². The second-order valence-corrected chi connectivity index (χ2v) is 6.54. The average Bonchev–Trinajstić information content (AvgIpc) is 2.34. The topological polar surface area (TPSA) is 18.5 Å². The molecule has 18 heavy (non-hydrogen) atoms. The molecular weight excluding hydrogens is 292 g/mol. The quantitative estimate of drug-likeness (QED) is 0.246. The molecule has 0 rings (SSSR count). The SMILES string of the molecule is CCCCCCCCCOCOCCCC(C)Br. The second kappa shape index (κ2) is 15.5. The van der Waals surface area contributed by atoms with Crippen LogP contribution < -0.4 is 0 Å². The molecule has 2 nitrogen and oxygen atoms in total. The Morgan fingerprint density at radius 2 is 1.39 bits per heavy atom. The largest absolute Gasteiger partial charge is 0.355 e. The van der Waals surface area contributed by atoms with Gasteiger partial charge in [-0.1, -0.05) is 68.3 Å². The minimum atomic E-state index is 0.465. The molecule has 1 unspecified atom stereocenters. The molecule has 0 radical (unpaired) electrons. The first-order chi connectivity index (χ1) is 8.77. The molecule has 3 heteroatoms. The summed E-state index contributed by atoms with van der Waals surface area (Å²) in [6.07, 6.45) is 11.6. The highest BCUT2D eigenvalue weighted by molar-refractivity contribution is 9.09. The Morgan fingerprint density at radius 1 is 0.833 bits per heavy atom. The van der Waals surface area contributed by atoms with Gasteiger partial charge in [-0.3, -0.25) is 0 Å². The molecule has 0 aliphatic carbocycles. The molecular formula is C15H31BrO2. The van der Waals surface area contributed by atoms with Crippen molar-refractivity contribution in [2.75, 3.05) is 20.0 Å². The molecule has 0 aliphatic rings. The lowest BCUT2D eigenvalue weighted by Crippen LogP contribution is -2.04. The normalized spacial score (nSPS) is 12.8. The number of alkyl halides is 1. The lowest BCUT2D eigenvalue weighted by atomic mass is 10.1. The first-order valence-corrected chi connectivity index (χ1v) is 8.48. The highest BCUT2D eigenvalue weighted by Gasteiger charge is 1.95. The third-order valence-electron chi connectivity index (χ3n) is 2.95. The maximum absolute atomic E-state index is 5.43. The van der Waals surface area contributed by atoms with Gasteiger partial charge in [-0.25, -0.2) is 0 Å². The molecule has 0 aromatic rings. The lowest BCUT2D eigenvalue weighted by molar-refractivity contribution is -0.0554. The molecule has 0 saturated heterocycles. The predicted molar refractivity (Wildman–Crippen MR) is 82.4 cm³/mol. The average molecular weight is 323 g/mol. The van der Waals surface area contributed by atoms with Crippen LogP contribution in [0.15, 0.2) is 0 Å². The van der Waals surface area contributed by atoms with Crippen LogP contribution in [0.3, 0.4) is 0 Å². The summed E-state index contributed by atoms with van der Waals surface area (Å²) >= 11 is 3.52. The van der Waals surface area contributed by atoms with Crippen LogP contribution in [-0.4, -0.2) is 24.8 Å². The highest BCUT2D eigenvalue weighted by Crippen LogP contribution is 2.07. The van der Waals surface area contributed by atoms with Crippen LogP contribution in [0.4, 0.5) is 0 Å². The smallest absolute Gasteiger partial charge is 0.146 e. The Labute approximate surface area is 122 Å². The van der Waals surface area contributed by atoms with Gasteiger partial charge in [0.25, 0.3) is 0 Å². The molecule has 110 valence electrons. The molecule has 0 fully saturated rings. The van der Waals surface area contributed by atoms with Gasteiger partial charge in [0.15, 0.2) is 0 Å². The molecule has 0 aromatic carbocycles. The maximum Gasteiger partial charge on any atom is 0.146 e. The Kier molecular flexibility index (Phi) is 15.8. The number of rotatable bonds is 14. The van der Waals surface area contributed by atoms with Gasteiger partial charge in [0.05, 0.1) is 0 Å². The van der Waals surface area contributed by atoms with Gasteiger partial charge in [0.1, 0.15) is 6.79 Å². The summed E-state index contributed by atoms with van der Waals surface area (Å²) < 4.78 is 10.8. The first kappa shape index (κ1) is 18.4. The monoisotopic (exact) mass is 322 g/mol. The van der Waals surface area contributed by atoms with Crippen molar-refractivity contribution in [1.82, 2.24) is 0 Å². The number of hydrogen-bond donors (Lipinski definition) is 0. The molecule has 1 atom stereocenters. The van der Waals surface area contributed by atoms with Gasteiger partial charge in [-0.15, -0.1) is 0 Å².